The summed E-state index contributed by atoms with van der Waals surface area (Å²) in [6, 6.07) is 4.11. The number of carbonyl (C=O) groups is 2. The molecule has 1 saturated heterocycles. The Bertz CT molecular complexity index is 467. The molecule has 1 atom stereocenters. The third-order valence-electron chi connectivity index (χ3n) is 3.65. The Balaban J connectivity index is 1.76. The van der Waals surface area contributed by atoms with Crippen molar-refractivity contribution in [2.24, 2.45) is 7.05 Å². The predicted octanol–water partition coefficient (Wildman–Crippen LogP) is 0.695. The van der Waals surface area contributed by atoms with Crippen molar-refractivity contribution in [1.82, 2.24) is 14.8 Å². The molecule has 0 saturated carbocycles. The van der Waals surface area contributed by atoms with Crippen molar-refractivity contribution in [3.8, 4) is 0 Å². The number of piperidine rings is 1. The van der Waals surface area contributed by atoms with Crippen LogP contribution in [-0.2, 0) is 23.1 Å². The van der Waals surface area contributed by atoms with E-state index in [9.17, 15) is 9.59 Å². The van der Waals surface area contributed by atoms with E-state index in [2.05, 4.69) is 5.32 Å². The highest BCUT2D eigenvalue weighted by atomic mass is 16.2. The zero-order valence-corrected chi connectivity index (χ0v) is 11.6. The standard InChI is InChI=1S/C14H21N3O2/c1-16-9-3-4-12(16)6-7-13(18)15-11-5-8-14(19)17(2)10-11/h3-4,9,11H,5-8,10H2,1-2H3,(H,15,18). The van der Waals surface area contributed by atoms with Gasteiger partial charge >= 0.3 is 0 Å². The van der Waals surface area contributed by atoms with E-state index in [-0.39, 0.29) is 17.9 Å². The van der Waals surface area contributed by atoms with Crippen molar-refractivity contribution >= 4 is 11.8 Å². The summed E-state index contributed by atoms with van der Waals surface area (Å²) in [6.45, 7) is 0.620. The molecule has 2 amide bonds. The summed E-state index contributed by atoms with van der Waals surface area (Å²) in [5.41, 5.74) is 1.16. The molecule has 0 spiro atoms. The smallest absolute Gasteiger partial charge is 0.222 e. The van der Waals surface area contributed by atoms with Gasteiger partial charge in [-0.1, -0.05) is 0 Å². The maximum atomic E-state index is 11.9. The maximum absolute atomic E-state index is 11.9. The van der Waals surface area contributed by atoms with Crippen LogP contribution in [0, 0.1) is 0 Å². The number of aryl methyl sites for hydroxylation is 2. The minimum atomic E-state index is 0.0638. The van der Waals surface area contributed by atoms with Gasteiger partial charge in [0.05, 0.1) is 0 Å². The molecule has 0 aromatic carbocycles. The van der Waals surface area contributed by atoms with Crippen LogP contribution in [0.3, 0.4) is 0 Å². The molecule has 104 valence electrons. The lowest BCUT2D eigenvalue weighted by atomic mass is 10.1. The summed E-state index contributed by atoms with van der Waals surface area (Å²) < 4.78 is 2.03. The number of rotatable bonds is 4. The molecule has 1 aliphatic rings. The summed E-state index contributed by atoms with van der Waals surface area (Å²) in [4.78, 5) is 24.9. The van der Waals surface area contributed by atoms with E-state index < -0.39 is 0 Å². The summed E-state index contributed by atoms with van der Waals surface area (Å²) >= 11 is 0. The third-order valence-corrected chi connectivity index (χ3v) is 3.65. The number of likely N-dealkylation sites (N-methyl/N-ethyl adjacent to an activating group) is 1. The normalized spacial score (nSPS) is 19.6. The number of amides is 2. The van der Waals surface area contributed by atoms with Gasteiger partial charge in [-0.3, -0.25) is 9.59 Å². The molecule has 1 aromatic heterocycles. The number of aromatic nitrogens is 1. The van der Waals surface area contributed by atoms with Gasteiger partial charge in [0.2, 0.25) is 11.8 Å². The predicted molar refractivity (Wildman–Crippen MR) is 72.5 cm³/mol. The van der Waals surface area contributed by atoms with Crippen molar-refractivity contribution in [3.63, 3.8) is 0 Å². The zero-order chi connectivity index (χ0) is 13.8. The first-order chi connectivity index (χ1) is 9.06. The van der Waals surface area contributed by atoms with Gasteiger partial charge in [0.15, 0.2) is 0 Å². The highest BCUT2D eigenvalue weighted by molar-refractivity contribution is 5.79. The molecule has 1 unspecified atom stereocenters. The van der Waals surface area contributed by atoms with Gasteiger partial charge < -0.3 is 14.8 Å². The van der Waals surface area contributed by atoms with Crippen LogP contribution in [-0.4, -0.2) is 40.9 Å². The van der Waals surface area contributed by atoms with Crippen LogP contribution in [0.1, 0.15) is 25.0 Å². The van der Waals surface area contributed by atoms with Crippen LogP contribution >= 0.6 is 0 Å². The Morgan fingerprint density at radius 2 is 2.26 bits per heavy atom. The summed E-state index contributed by atoms with van der Waals surface area (Å²) in [5, 5.41) is 3.01. The molecule has 0 radical (unpaired) electrons. The van der Waals surface area contributed by atoms with Crippen LogP contribution in [0.15, 0.2) is 18.3 Å². The molecule has 1 aliphatic heterocycles. The summed E-state index contributed by atoms with van der Waals surface area (Å²) in [5.74, 6) is 0.225. The SMILES string of the molecule is CN1CC(NC(=O)CCc2cccn2C)CCC1=O. The lowest BCUT2D eigenvalue weighted by Gasteiger charge is -2.30. The van der Waals surface area contributed by atoms with E-state index in [0.717, 1.165) is 18.5 Å². The van der Waals surface area contributed by atoms with Crippen molar-refractivity contribution in [1.29, 1.82) is 0 Å². The van der Waals surface area contributed by atoms with E-state index in [1.54, 1.807) is 11.9 Å². The average molecular weight is 263 g/mol. The van der Waals surface area contributed by atoms with Crippen LogP contribution in [0.2, 0.25) is 0 Å². The zero-order valence-electron chi connectivity index (χ0n) is 11.6. The summed E-state index contributed by atoms with van der Waals surface area (Å²) in [6.07, 6.45) is 4.50. The van der Waals surface area contributed by atoms with Crippen LogP contribution in [0.4, 0.5) is 0 Å². The van der Waals surface area contributed by atoms with Crippen molar-refractivity contribution in [3.05, 3.63) is 24.0 Å². The minimum Gasteiger partial charge on any atom is -0.354 e. The number of likely N-dealkylation sites (tertiary alicyclic amines) is 1. The van der Waals surface area contributed by atoms with Gasteiger partial charge in [0.25, 0.3) is 0 Å². The van der Waals surface area contributed by atoms with Gasteiger partial charge in [0, 0.05) is 51.4 Å². The van der Waals surface area contributed by atoms with Crippen molar-refractivity contribution in [2.75, 3.05) is 13.6 Å². The Morgan fingerprint density at radius 3 is 2.89 bits per heavy atom. The molecule has 19 heavy (non-hydrogen) atoms. The van der Waals surface area contributed by atoms with E-state index in [1.807, 2.05) is 29.9 Å². The molecule has 2 rings (SSSR count). The van der Waals surface area contributed by atoms with Gasteiger partial charge in [-0.25, -0.2) is 0 Å². The number of nitrogens with one attached hydrogen (secondary N) is 1. The van der Waals surface area contributed by atoms with E-state index in [4.69, 9.17) is 0 Å². The number of nitrogens with zero attached hydrogens (tertiary/aromatic N) is 2. The van der Waals surface area contributed by atoms with E-state index in [1.165, 1.54) is 0 Å². The molecule has 1 aromatic rings. The van der Waals surface area contributed by atoms with Crippen LogP contribution in [0.25, 0.3) is 0 Å². The minimum absolute atomic E-state index is 0.0638. The number of hydrogen-bond donors (Lipinski definition) is 1. The molecule has 1 fully saturated rings. The fourth-order valence-electron chi connectivity index (χ4n) is 2.43. The molecule has 0 aliphatic carbocycles. The largest absolute Gasteiger partial charge is 0.354 e. The topological polar surface area (TPSA) is 54.3 Å². The number of carbonyl (C=O) groups excluding carboxylic acids is 2. The Morgan fingerprint density at radius 1 is 1.47 bits per heavy atom. The number of hydrogen-bond acceptors (Lipinski definition) is 2. The third kappa shape index (κ3) is 3.59. The first-order valence-corrected chi connectivity index (χ1v) is 6.70. The van der Waals surface area contributed by atoms with Crippen molar-refractivity contribution in [2.45, 2.75) is 31.7 Å². The van der Waals surface area contributed by atoms with Gasteiger partial charge in [-0.05, 0) is 25.0 Å². The van der Waals surface area contributed by atoms with Gasteiger partial charge in [-0.15, -0.1) is 0 Å². The fourth-order valence-corrected chi connectivity index (χ4v) is 2.43. The van der Waals surface area contributed by atoms with Crippen LogP contribution < -0.4 is 5.32 Å². The quantitative estimate of drug-likeness (QED) is 0.869. The van der Waals surface area contributed by atoms with E-state index >= 15 is 0 Å². The molecular formula is C14H21N3O2. The van der Waals surface area contributed by atoms with Gasteiger partial charge in [0.1, 0.15) is 0 Å². The highest BCUT2D eigenvalue weighted by Gasteiger charge is 2.23. The monoisotopic (exact) mass is 263 g/mol. The first kappa shape index (κ1) is 13.6. The second kappa shape index (κ2) is 5.91. The molecular weight excluding hydrogens is 242 g/mol. The van der Waals surface area contributed by atoms with E-state index in [0.29, 0.717) is 19.4 Å². The second-order valence-corrected chi connectivity index (χ2v) is 5.19. The average Bonchev–Trinajstić information content (AvgIpc) is 2.77. The lowest BCUT2D eigenvalue weighted by Crippen LogP contribution is -2.48. The lowest BCUT2D eigenvalue weighted by molar-refractivity contribution is -0.134. The Kier molecular flexibility index (Phi) is 4.24. The van der Waals surface area contributed by atoms with Crippen LogP contribution in [0.5, 0.6) is 0 Å². The second-order valence-electron chi connectivity index (χ2n) is 5.19. The maximum Gasteiger partial charge on any atom is 0.222 e. The molecule has 1 N–H and O–H groups in total. The Hall–Kier alpha value is -1.78. The van der Waals surface area contributed by atoms with Crippen molar-refractivity contribution < 1.29 is 9.59 Å². The first-order valence-electron chi connectivity index (χ1n) is 6.70. The summed E-state index contributed by atoms with van der Waals surface area (Å²) in [7, 11) is 3.76. The van der Waals surface area contributed by atoms with Gasteiger partial charge in [-0.2, -0.15) is 0 Å². The molecule has 5 nitrogen and oxygen atoms in total. The fraction of sp³-hybridized carbons (Fsp3) is 0.571. The highest BCUT2D eigenvalue weighted by Crippen LogP contribution is 2.10. The molecule has 0 bridgehead atoms. The Labute approximate surface area is 113 Å². The molecule has 2 heterocycles. The molecule has 5 heteroatoms.